The zero-order chi connectivity index (χ0) is 10.6. The molecule has 0 radical (unpaired) electrons. The number of ketones is 1. The fourth-order valence-corrected chi connectivity index (χ4v) is 1.15. The van der Waals surface area contributed by atoms with Gasteiger partial charge < -0.3 is 0 Å². The largest absolute Gasteiger partial charge is 0.294 e. The minimum atomic E-state index is -0.0250. The van der Waals surface area contributed by atoms with Crippen LogP contribution >= 0.6 is 0 Å². The molecule has 0 amide bonds. The summed E-state index contributed by atoms with van der Waals surface area (Å²) in [5, 5.41) is 4.06. The number of carbonyl (C=O) groups is 1. The SMILES string of the molecule is C=CC(=O)Cc1ncnn1CC(C)C. The van der Waals surface area contributed by atoms with E-state index in [9.17, 15) is 4.79 Å². The highest BCUT2D eigenvalue weighted by Crippen LogP contribution is 2.02. The van der Waals surface area contributed by atoms with Gasteiger partial charge in [0.15, 0.2) is 5.78 Å². The second-order valence-corrected chi connectivity index (χ2v) is 3.60. The third kappa shape index (κ3) is 2.80. The van der Waals surface area contributed by atoms with Crippen molar-refractivity contribution in [2.24, 2.45) is 5.92 Å². The van der Waals surface area contributed by atoms with Crippen LogP contribution in [-0.2, 0) is 17.8 Å². The lowest BCUT2D eigenvalue weighted by Gasteiger charge is -2.06. The predicted molar refractivity (Wildman–Crippen MR) is 53.8 cm³/mol. The first-order valence-electron chi connectivity index (χ1n) is 4.65. The van der Waals surface area contributed by atoms with Crippen LogP contribution in [0.4, 0.5) is 0 Å². The van der Waals surface area contributed by atoms with E-state index in [2.05, 4.69) is 30.5 Å². The smallest absolute Gasteiger partial charge is 0.162 e. The third-order valence-electron chi connectivity index (χ3n) is 1.79. The summed E-state index contributed by atoms with van der Waals surface area (Å²) in [5.74, 6) is 1.18. The molecule has 0 aromatic carbocycles. The Balaban J connectivity index is 2.71. The van der Waals surface area contributed by atoms with Gasteiger partial charge in [-0.3, -0.25) is 4.79 Å². The predicted octanol–water partition coefficient (Wildman–Crippen LogP) is 1.23. The van der Waals surface area contributed by atoms with Crippen LogP contribution in [0.3, 0.4) is 0 Å². The average molecular weight is 193 g/mol. The summed E-state index contributed by atoms with van der Waals surface area (Å²) < 4.78 is 1.77. The van der Waals surface area contributed by atoms with Gasteiger partial charge in [0, 0.05) is 6.54 Å². The van der Waals surface area contributed by atoms with Crippen LogP contribution in [0.15, 0.2) is 19.0 Å². The van der Waals surface area contributed by atoms with Crippen molar-refractivity contribution in [1.29, 1.82) is 0 Å². The Morgan fingerprint density at radius 2 is 2.43 bits per heavy atom. The van der Waals surface area contributed by atoms with E-state index in [1.165, 1.54) is 12.4 Å². The Morgan fingerprint density at radius 3 is 3.00 bits per heavy atom. The molecule has 0 spiro atoms. The third-order valence-corrected chi connectivity index (χ3v) is 1.79. The standard InChI is InChI=1S/C10H15N3O/c1-4-9(14)5-10-11-7-12-13(10)6-8(2)3/h4,7-8H,1,5-6H2,2-3H3. The van der Waals surface area contributed by atoms with Gasteiger partial charge in [-0.05, 0) is 12.0 Å². The molecule has 0 aliphatic heterocycles. The maximum Gasteiger partial charge on any atom is 0.162 e. The molecule has 0 unspecified atom stereocenters. The summed E-state index contributed by atoms with van der Waals surface area (Å²) in [5.41, 5.74) is 0. The summed E-state index contributed by atoms with van der Waals surface area (Å²) in [6.07, 6.45) is 3.08. The van der Waals surface area contributed by atoms with Gasteiger partial charge in [-0.15, -0.1) is 0 Å². The van der Waals surface area contributed by atoms with Gasteiger partial charge >= 0.3 is 0 Å². The topological polar surface area (TPSA) is 47.8 Å². The highest BCUT2D eigenvalue weighted by atomic mass is 16.1. The van der Waals surface area contributed by atoms with E-state index in [0.29, 0.717) is 11.7 Å². The van der Waals surface area contributed by atoms with Gasteiger partial charge in [0.2, 0.25) is 0 Å². The van der Waals surface area contributed by atoms with Gasteiger partial charge in [-0.1, -0.05) is 20.4 Å². The maximum absolute atomic E-state index is 11.1. The van der Waals surface area contributed by atoms with E-state index in [1.807, 2.05) is 0 Å². The molecule has 1 aromatic rings. The lowest BCUT2D eigenvalue weighted by Crippen LogP contribution is -2.12. The summed E-state index contributed by atoms with van der Waals surface area (Å²) in [6.45, 7) is 8.41. The Hall–Kier alpha value is -1.45. The van der Waals surface area contributed by atoms with Crippen molar-refractivity contribution in [2.75, 3.05) is 0 Å². The first kappa shape index (κ1) is 10.6. The number of aromatic nitrogens is 3. The molecule has 76 valence electrons. The number of allylic oxidation sites excluding steroid dienone is 1. The number of hydrogen-bond donors (Lipinski definition) is 0. The molecule has 1 rings (SSSR count). The zero-order valence-electron chi connectivity index (χ0n) is 8.60. The Bertz CT molecular complexity index is 328. The van der Waals surface area contributed by atoms with Crippen molar-refractivity contribution in [3.05, 3.63) is 24.8 Å². The molecule has 0 bridgehead atoms. The van der Waals surface area contributed by atoms with Crippen LogP contribution in [0.2, 0.25) is 0 Å². The molecule has 4 heteroatoms. The van der Waals surface area contributed by atoms with Crippen LogP contribution in [0.1, 0.15) is 19.7 Å². The normalized spacial score (nSPS) is 10.5. The van der Waals surface area contributed by atoms with E-state index < -0.39 is 0 Å². The maximum atomic E-state index is 11.1. The van der Waals surface area contributed by atoms with E-state index >= 15 is 0 Å². The summed E-state index contributed by atoms with van der Waals surface area (Å²) in [7, 11) is 0. The second-order valence-electron chi connectivity index (χ2n) is 3.60. The Kier molecular flexibility index (Phi) is 3.56. The number of carbonyl (C=O) groups excluding carboxylic acids is 1. The number of hydrogen-bond acceptors (Lipinski definition) is 3. The average Bonchev–Trinajstić information content (AvgIpc) is 2.52. The lowest BCUT2D eigenvalue weighted by atomic mass is 10.2. The molecule has 4 nitrogen and oxygen atoms in total. The Labute approximate surface area is 83.6 Å². The van der Waals surface area contributed by atoms with Gasteiger partial charge in [0.25, 0.3) is 0 Å². The van der Waals surface area contributed by atoms with Gasteiger partial charge in [-0.2, -0.15) is 5.10 Å². The fraction of sp³-hybridized carbons (Fsp3) is 0.500. The molecule has 0 saturated carbocycles. The highest BCUT2D eigenvalue weighted by molar-refractivity contribution is 5.90. The molecule has 0 atom stereocenters. The molecule has 0 fully saturated rings. The minimum Gasteiger partial charge on any atom is -0.294 e. The second kappa shape index (κ2) is 4.69. The van der Waals surface area contributed by atoms with Crippen LogP contribution < -0.4 is 0 Å². The quantitative estimate of drug-likeness (QED) is 0.661. The first-order valence-corrected chi connectivity index (χ1v) is 4.65. The highest BCUT2D eigenvalue weighted by Gasteiger charge is 2.08. The molecule has 14 heavy (non-hydrogen) atoms. The summed E-state index contributed by atoms with van der Waals surface area (Å²) in [6, 6.07) is 0. The number of rotatable bonds is 5. The van der Waals surface area contributed by atoms with Crippen LogP contribution in [0.25, 0.3) is 0 Å². The lowest BCUT2D eigenvalue weighted by molar-refractivity contribution is -0.114. The van der Waals surface area contributed by atoms with E-state index in [0.717, 1.165) is 6.54 Å². The van der Waals surface area contributed by atoms with Crippen LogP contribution in [0, 0.1) is 5.92 Å². The van der Waals surface area contributed by atoms with E-state index in [-0.39, 0.29) is 12.2 Å². The van der Waals surface area contributed by atoms with Crippen molar-refractivity contribution in [1.82, 2.24) is 14.8 Å². The Morgan fingerprint density at radius 1 is 1.71 bits per heavy atom. The monoisotopic (exact) mass is 193 g/mol. The molecule has 1 heterocycles. The van der Waals surface area contributed by atoms with Gasteiger partial charge in [0.05, 0.1) is 6.42 Å². The van der Waals surface area contributed by atoms with Crippen molar-refractivity contribution in [2.45, 2.75) is 26.8 Å². The molecule has 0 aliphatic rings. The van der Waals surface area contributed by atoms with Gasteiger partial charge in [-0.25, -0.2) is 9.67 Å². The zero-order valence-corrected chi connectivity index (χ0v) is 8.60. The number of nitrogens with zero attached hydrogens (tertiary/aromatic N) is 3. The van der Waals surface area contributed by atoms with Crippen molar-refractivity contribution in [3.63, 3.8) is 0 Å². The van der Waals surface area contributed by atoms with Crippen molar-refractivity contribution < 1.29 is 4.79 Å². The van der Waals surface area contributed by atoms with Crippen LogP contribution in [0.5, 0.6) is 0 Å². The molecular formula is C10H15N3O. The molecular weight excluding hydrogens is 178 g/mol. The fourth-order valence-electron chi connectivity index (χ4n) is 1.15. The van der Waals surface area contributed by atoms with E-state index in [4.69, 9.17) is 0 Å². The summed E-state index contributed by atoms with van der Waals surface area (Å²) >= 11 is 0. The molecule has 0 saturated heterocycles. The van der Waals surface area contributed by atoms with Crippen molar-refractivity contribution >= 4 is 5.78 Å². The van der Waals surface area contributed by atoms with Crippen molar-refractivity contribution in [3.8, 4) is 0 Å². The van der Waals surface area contributed by atoms with Gasteiger partial charge in [0.1, 0.15) is 12.2 Å². The molecule has 0 aliphatic carbocycles. The first-order chi connectivity index (χ1) is 6.63. The van der Waals surface area contributed by atoms with Crippen LogP contribution in [-0.4, -0.2) is 20.5 Å². The molecule has 1 aromatic heterocycles. The van der Waals surface area contributed by atoms with E-state index in [1.54, 1.807) is 4.68 Å². The molecule has 0 N–H and O–H groups in total. The summed E-state index contributed by atoms with van der Waals surface area (Å²) in [4.78, 5) is 15.2. The minimum absolute atomic E-state index is 0.0250.